The number of anilines is 1. The molecule has 0 fully saturated rings. The molecule has 19 heavy (non-hydrogen) atoms. The predicted molar refractivity (Wildman–Crippen MR) is 73.5 cm³/mol. The zero-order chi connectivity index (χ0) is 14.4. The Balaban J connectivity index is 2.89. The lowest BCUT2D eigenvalue weighted by molar-refractivity contribution is -0.129. The van der Waals surface area contributed by atoms with Crippen LogP contribution in [0.25, 0.3) is 0 Å². The highest BCUT2D eigenvalue weighted by Crippen LogP contribution is 2.23. The number of rotatable bonds is 6. The molecule has 0 spiro atoms. The second kappa shape index (κ2) is 7.09. The van der Waals surface area contributed by atoms with E-state index in [9.17, 15) is 14.3 Å². The molecule has 0 saturated heterocycles. The summed E-state index contributed by atoms with van der Waals surface area (Å²) >= 11 is 0. The van der Waals surface area contributed by atoms with Crippen molar-refractivity contribution in [3.05, 3.63) is 29.6 Å². The van der Waals surface area contributed by atoms with Crippen LogP contribution < -0.4 is 4.90 Å². The highest BCUT2D eigenvalue weighted by Gasteiger charge is 2.17. The van der Waals surface area contributed by atoms with E-state index in [0.717, 1.165) is 0 Å². The standard InChI is InChI=1S/C14H21FN2O2/c1-4-17(5-2)13(19)9-16(3)14-11(10-18)7-6-8-12(14)15/h6-8,18H,4-5,9-10H2,1-3H3. The number of halogens is 1. The molecule has 1 aromatic carbocycles. The number of likely N-dealkylation sites (N-methyl/N-ethyl adjacent to an activating group) is 2. The van der Waals surface area contributed by atoms with E-state index in [0.29, 0.717) is 18.7 Å². The largest absolute Gasteiger partial charge is 0.392 e. The topological polar surface area (TPSA) is 43.8 Å². The molecule has 106 valence electrons. The Kier molecular flexibility index (Phi) is 5.76. The summed E-state index contributed by atoms with van der Waals surface area (Å²) in [7, 11) is 1.65. The van der Waals surface area contributed by atoms with Crippen molar-refractivity contribution in [3.63, 3.8) is 0 Å². The minimum atomic E-state index is -0.429. The molecule has 1 rings (SSSR count). The number of nitrogens with zero attached hydrogens (tertiary/aromatic N) is 2. The molecule has 1 aromatic rings. The van der Waals surface area contributed by atoms with Crippen LogP contribution in [0.2, 0.25) is 0 Å². The average Bonchev–Trinajstić information content (AvgIpc) is 2.39. The van der Waals surface area contributed by atoms with E-state index in [1.807, 2.05) is 13.8 Å². The number of amides is 1. The number of hydrogen-bond donors (Lipinski definition) is 1. The fraction of sp³-hybridized carbons (Fsp3) is 0.500. The fourth-order valence-corrected chi connectivity index (χ4v) is 2.07. The number of carbonyl (C=O) groups excluding carboxylic acids is 1. The van der Waals surface area contributed by atoms with Crippen LogP contribution in [-0.4, -0.2) is 42.6 Å². The van der Waals surface area contributed by atoms with E-state index in [2.05, 4.69) is 0 Å². The lowest BCUT2D eigenvalue weighted by atomic mass is 10.1. The molecule has 0 unspecified atom stereocenters. The lowest BCUT2D eigenvalue weighted by Gasteiger charge is -2.26. The zero-order valence-corrected chi connectivity index (χ0v) is 11.7. The first-order chi connectivity index (χ1) is 9.04. The molecule has 1 amide bonds. The summed E-state index contributed by atoms with van der Waals surface area (Å²) in [5.74, 6) is -0.485. The van der Waals surface area contributed by atoms with Crippen LogP contribution in [0.1, 0.15) is 19.4 Å². The van der Waals surface area contributed by atoms with E-state index in [1.54, 1.807) is 29.0 Å². The van der Waals surface area contributed by atoms with Crippen molar-refractivity contribution < 1.29 is 14.3 Å². The maximum Gasteiger partial charge on any atom is 0.242 e. The van der Waals surface area contributed by atoms with Crippen LogP contribution in [0.3, 0.4) is 0 Å². The Hall–Kier alpha value is -1.62. The second-order valence-electron chi connectivity index (χ2n) is 4.33. The van der Waals surface area contributed by atoms with Gasteiger partial charge in [-0.2, -0.15) is 0 Å². The molecule has 0 heterocycles. The van der Waals surface area contributed by atoms with E-state index >= 15 is 0 Å². The average molecular weight is 268 g/mol. The predicted octanol–water partition coefficient (Wildman–Crippen LogP) is 1.62. The Morgan fingerprint density at radius 2 is 1.95 bits per heavy atom. The second-order valence-corrected chi connectivity index (χ2v) is 4.33. The molecule has 0 bridgehead atoms. The van der Waals surface area contributed by atoms with Gasteiger partial charge in [-0.1, -0.05) is 12.1 Å². The van der Waals surface area contributed by atoms with Gasteiger partial charge in [0.15, 0.2) is 0 Å². The number of carbonyl (C=O) groups is 1. The number of para-hydroxylation sites is 1. The van der Waals surface area contributed by atoms with Crippen molar-refractivity contribution in [2.45, 2.75) is 20.5 Å². The highest BCUT2D eigenvalue weighted by molar-refractivity contribution is 5.81. The third-order valence-electron chi connectivity index (χ3n) is 3.11. The van der Waals surface area contributed by atoms with E-state index in [1.165, 1.54) is 6.07 Å². The first-order valence-electron chi connectivity index (χ1n) is 6.42. The summed E-state index contributed by atoms with van der Waals surface area (Å²) in [6.45, 7) is 4.92. The maximum absolute atomic E-state index is 13.8. The van der Waals surface area contributed by atoms with Gasteiger partial charge in [-0.25, -0.2) is 4.39 Å². The third-order valence-corrected chi connectivity index (χ3v) is 3.11. The van der Waals surface area contributed by atoms with Crippen LogP contribution >= 0.6 is 0 Å². The summed E-state index contributed by atoms with van der Waals surface area (Å²) < 4.78 is 13.8. The van der Waals surface area contributed by atoms with Gasteiger partial charge >= 0.3 is 0 Å². The lowest BCUT2D eigenvalue weighted by Crippen LogP contribution is -2.39. The van der Waals surface area contributed by atoms with Gasteiger partial charge in [0.25, 0.3) is 0 Å². The summed E-state index contributed by atoms with van der Waals surface area (Å²) in [6.07, 6.45) is 0. The quantitative estimate of drug-likeness (QED) is 0.852. The van der Waals surface area contributed by atoms with Crippen molar-refractivity contribution in [1.82, 2.24) is 4.90 Å². The van der Waals surface area contributed by atoms with Crippen molar-refractivity contribution in [1.29, 1.82) is 0 Å². The van der Waals surface area contributed by atoms with Gasteiger partial charge in [0.1, 0.15) is 5.82 Å². The van der Waals surface area contributed by atoms with Gasteiger partial charge in [-0.3, -0.25) is 4.79 Å². The molecule has 0 aliphatic rings. The highest BCUT2D eigenvalue weighted by atomic mass is 19.1. The Morgan fingerprint density at radius 3 is 2.47 bits per heavy atom. The molecule has 0 aliphatic carbocycles. The molecule has 0 radical (unpaired) electrons. The van der Waals surface area contributed by atoms with Gasteiger partial charge in [0.05, 0.1) is 18.8 Å². The van der Waals surface area contributed by atoms with Crippen molar-refractivity contribution in [2.75, 3.05) is 31.6 Å². The molecule has 1 N–H and O–H groups in total. The summed E-state index contributed by atoms with van der Waals surface area (Å²) in [4.78, 5) is 15.2. The first kappa shape index (κ1) is 15.4. The Morgan fingerprint density at radius 1 is 1.32 bits per heavy atom. The van der Waals surface area contributed by atoms with Crippen LogP contribution in [0.4, 0.5) is 10.1 Å². The van der Waals surface area contributed by atoms with Crippen LogP contribution in [0.5, 0.6) is 0 Å². The molecule has 0 aromatic heterocycles. The van der Waals surface area contributed by atoms with E-state index < -0.39 is 5.82 Å². The summed E-state index contributed by atoms with van der Waals surface area (Å²) in [5, 5.41) is 9.24. The molecule has 0 aliphatic heterocycles. The molecule has 0 saturated carbocycles. The van der Waals surface area contributed by atoms with Crippen molar-refractivity contribution in [3.8, 4) is 0 Å². The van der Waals surface area contributed by atoms with Gasteiger partial charge in [0, 0.05) is 25.7 Å². The first-order valence-corrected chi connectivity index (χ1v) is 6.42. The third kappa shape index (κ3) is 3.67. The minimum absolute atomic E-state index is 0.0559. The van der Waals surface area contributed by atoms with Gasteiger partial charge in [-0.15, -0.1) is 0 Å². The van der Waals surface area contributed by atoms with Gasteiger partial charge < -0.3 is 14.9 Å². The molecule has 0 atom stereocenters. The minimum Gasteiger partial charge on any atom is -0.392 e. The molecular formula is C14H21FN2O2. The molecule has 5 heteroatoms. The molecular weight excluding hydrogens is 247 g/mol. The Labute approximate surface area is 113 Å². The number of aliphatic hydroxyl groups is 1. The monoisotopic (exact) mass is 268 g/mol. The van der Waals surface area contributed by atoms with E-state index in [-0.39, 0.29) is 24.7 Å². The number of benzene rings is 1. The zero-order valence-electron chi connectivity index (χ0n) is 11.7. The number of aliphatic hydroxyl groups excluding tert-OH is 1. The Bertz CT molecular complexity index is 433. The number of hydrogen-bond acceptors (Lipinski definition) is 3. The van der Waals surface area contributed by atoms with Gasteiger partial charge in [-0.05, 0) is 19.9 Å². The maximum atomic E-state index is 13.8. The SMILES string of the molecule is CCN(CC)C(=O)CN(C)c1c(F)cccc1CO. The normalized spacial score (nSPS) is 10.4. The van der Waals surface area contributed by atoms with Crippen molar-refractivity contribution >= 4 is 11.6 Å². The van der Waals surface area contributed by atoms with Crippen molar-refractivity contribution in [2.24, 2.45) is 0 Å². The van der Waals surface area contributed by atoms with E-state index in [4.69, 9.17) is 0 Å². The smallest absolute Gasteiger partial charge is 0.242 e. The van der Waals surface area contributed by atoms with Crippen LogP contribution in [0.15, 0.2) is 18.2 Å². The van der Waals surface area contributed by atoms with Gasteiger partial charge in [0.2, 0.25) is 5.91 Å². The van der Waals surface area contributed by atoms with Crippen LogP contribution in [0, 0.1) is 5.82 Å². The molecule has 4 nitrogen and oxygen atoms in total. The summed E-state index contributed by atoms with van der Waals surface area (Å²) in [5.41, 5.74) is 0.764. The van der Waals surface area contributed by atoms with Crippen LogP contribution in [-0.2, 0) is 11.4 Å². The fourth-order valence-electron chi connectivity index (χ4n) is 2.07. The summed E-state index contributed by atoms with van der Waals surface area (Å²) in [6, 6.07) is 4.52.